The Bertz CT molecular complexity index is 206. The monoisotopic (exact) mass is 182 g/mol. The maximum atomic E-state index is 10.5. The molecule has 0 rings (SSSR count). The van der Waals surface area contributed by atoms with Gasteiger partial charge in [-0.1, -0.05) is 12.7 Å². The van der Waals surface area contributed by atoms with Crippen LogP contribution in [0.15, 0.2) is 24.8 Å². The second-order valence-corrected chi connectivity index (χ2v) is 1.59. The Balaban J connectivity index is -0.000000167. The molecule has 0 radical (unpaired) electrons. The average Bonchev–Trinajstić information content (AvgIpc) is 1.97. The molecule has 4 nitrogen and oxygen atoms in total. The van der Waals surface area contributed by atoms with Crippen molar-refractivity contribution in [3.63, 3.8) is 0 Å². The van der Waals surface area contributed by atoms with E-state index in [4.69, 9.17) is 5.11 Å². The number of ether oxygens (including phenoxy) is 1. The number of carbonyl (C=O) groups excluding carboxylic acids is 1. The first-order chi connectivity index (χ1) is 5.16. The summed E-state index contributed by atoms with van der Waals surface area (Å²) in [5.41, 5.74) is 0. The molecular weight excluding hydrogens is 172 g/mol. The van der Waals surface area contributed by atoms with E-state index in [1.807, 2.05) is 0 Å². The fourth-order valence-electron chi connectivity index (χ4n) is 0.329. The van der Waals surface area contributed by atoms with Crippen molar-refractivity contribution in [2.24, 2.45) is 0 Å². The Kier molecular flexibility index (Phi) is 9.50. The van der Waals surface area contributed by atoms with Gasteiger partial charge in [-0.15, -0.1) is 0 Å². The molecule has 0 atom stereocenters. The third-order valence-electron chi connectivity index (χ3n) is 0.705. The third-order valence-corrected chi connectivity index (χ3v) is 0.705. The summed E-state index contributed by atoms with van der Waals surface area (Å²) in [4.78, 5) is 20.3. The molecule has 0 bridgehead atoms. The number of esters is 1. The van der Waals surface area contributed by atoms with Gasteiger partial charge in [0.05, 0.1) is 0 Å². The first kappa shape index (κ1) is 13.8. The molecule has 0 aliphatic heterocycles. The molecule has 12 heavy (non-hydrogen) atoms. The predicted octanol–water partition coefficient (Wildman–Crippen LogP) is 0.201. The SMILES string of the molecule is C=CCOC(=O)/C=C/C(=O)O.[H-].[H-].[Mg+2]. The van der Waals surface area contributed by atoms with E-state index in [1.54, 1.807) is 0 Å². The number of aliphatic carboxylic acids is 1. The van der Waals surface area contributed by atoms with Crippen LogP contribution in [0.2, 0.25) is 0 Å². The van der Waals surface area contributed by atoms with Gasteiger partial charge in [-0.25, -0.2) is 9.59 Å². The molecule has 0 fully saturated rings. The van der Waals surface area contributed by atoms with Crippen LogP contribution in [-0.2, 0) is 14.3 Å². The molecule has 0 aliphatic carbocycles. The molecule has 0 unspecified atom stereocenters. The summed E-state index contributed by atoms with van der Waals surface area (Å²) < 4.78 is 4.43. The summed E-state index contributed by atoms with van der Waals surface area (Å²) in [6, 6.07) is 0. The quantitative estimate of drug-likeness (QED) is 0.292. The Morgan fingerprint density at radius 1 is 1.50 bits per heavy atom. The minimum Gasteiger partial charge on any atom is -1.00 e. The molecule has 64 valence electrons. The zero-order chi connectivity index (χ0) is 8.69. The Labute approximate surface area is 89.0 Å². The van der Waals surface area contributed by atoms with Crippen molar-refractivity contribution in [3.8, 4) is 0 Å². The van der Waals surface area contributed by atoms with Crippen molar-refractivity contribution in [2.75, 3.05) is 6.61 Å². The van der Waals surface area contributed by atoms with Gasteiger partial charge in [0.15, 0.2) is 0 Å². The molecule has 0 saturated heterocycles. The summed E-state index contributed by atoms with van der Waals surface area (Å²) in [5.74, 6) is -1.87. The van der Waals surface area contributed by atoms with Gasteiger partial charge in [-0.2, -0.15) is 0 Å². The number of carbonyl (C=O) groups is 2. The van der Waals surface area contributed by atoms with E-state index in [2.05, 4.69) is 11.3 Å². The van der Waals surface area contributed by atoms with Crippen LogP contribution in [0, 0.1) is 0 Å². The van der Waals surface area contributed by atoms with Crippen LogP contribution < -0.4 is 0 Å². The molecule has 0 aromatic carbocycles. The minimum absolute atomic E-state index is 0. The van der Waals surface area contributed by atoms with E-state index in [1.165, 1.54) is 6.08 Å². The van der Waals surface area contributed by atoms with Gasteiger partial charge in [0.25, 0.3) is 0 Å². The van der Waals surface area contributed by atoms with E-state index >= 15 is 0 Å². The summed E-state index contributed by atoms with van der Waals surface area (Å²) in [7, 11) is 0. The normalized spacial score (nSPS) is 8.67. The van der Waals surface area contributed by atoms with Crippen LogP contribution in [0.3, 0.4) is 0 Å². The van der Waals surface area contributed by atoms with Crippen LogP contribution in [-0.4, -0.2) is 46.7 Å². The van der Waals surface area contributed by atoms with E-state index < -0.39 is 11.9 Å². The van der Waals surface area contributed by atoms with Gasteiger partial charge < -0.3 is 12.7 Å². The van der Waals surface area contributed by atoms with Gasteiger partial charge in [-0.05, 0) is 0 Å². The Morgan fingerprint density at radius 2 is 2.08 bits per heavy atom. The second-order valence-electron chi connectivity index (χ2n) is 1.59. The molecule has 0 spiro atoms. The zero-order valence-corrected chi connectivity index (χ0v) is 7.94. The van der Waals surface area contributed by atoms with Crippen LogP contribution in [0.4, 0.5) is 0 Å². The third kappa shape index (κ3) is 9.19. The molecule has 0 amide bonds. The predicted molar refractivity (Wildman–Crippen MR) is 45.9 cm³/mol. The standard InChI is InChI=1S/C7H8O4.Mg.2H/c1-2-5-11-7(10)4-3-6(8)9;;;/h2-4H,1,5H2,(H,8,9);;;/q;+2;2*-1/b4-3+;;;. The number of rotatable bonds is 4. The average molecular weight is 182 g/mol. The maximum absolute atomic E-state index is 10.5. The molecule has 0 aliphatic rings. The molecule has 0 aromatic heterocycles. The summed E-state index contributed by atoms with van der Waals surface area (Å²) in [5, 5.41) is 8.07. The summed E-state index contributed by atoms with van der Waals surface area (Å²) >= 11 is 0. The first-order valence-corrected chi connectivity index (χ1v) is 2.85. The molecule has 0 heterocycles. The van der Waals surface area contributed by atoms with E-state index in [0.29, 0.717) is 6.08 Å². The van der Waals surface area contributed by atoms with Gasteiger partial charge in [-0.3, -0.25) is 0 Å². The van der Waals surface area contributed by atoms with E-state index in [9.17, 15) is 9.59 Å². The zero-order valence-electron chi connectivity index (χ0n) is 8.53. The first-order valence-electron chi connectivity index (χ1n) is 2.85. The van der Waals surface area contributed by atoms with Crippen molar-refractivity contribution in [3.05, 3.63) is 24.8 Å². The minimum atomic E-state index is -1.18. The van der Waals surface area contributed by atoms with Crippen LogP contribution >= 0.6 is 0 Å². The fourth-order valence-corrected chi connectivity index (χ4v) is 0.329. The second kappa shape index (κ2) is 8.28. The smallest absolute Gasteiger partial charge is 1.00 e. The van der Waals surface area contributed by atoms with Gasteiger partial charge >= 0.3 is 35.0 Å². The molecular formula is C7H10MgO4. The van der Waals surface area contributed by atoms with Crippen molar-refractivity contribution in [2.45, 2.75) is 0 Å². The van der Waals surface area contributed by atoms with Crippen LogP contribution in [0.5, 0.6) is 0 Å². The number of carboxylic acid groups (broad SMARTS) is 1. The molecule has 0 saturated carbocycles. The van der Waals surface area contributed by atoms with Crippen molar-refractivity contribution in [1.29, 1.82) is 0 Å². The number of carboxylic acids is 1. The largest absolute Gasteiger partial charge is 2.00 e. The maximum Gasteiger partial charge on any atom is 2.00 e. The molecule has 1 N–H and O–H groups in total. The van der Waals surface area contributed by atoms with E-state index in [-0.39, 0.29) is 32.5 Å². The van der Waals surface area contributed by atoms with Gasteiger partial charge in [0.1, 0.15) is 6.61 Å². The van der Waals surface area contributed by atoms with Crippen molar-refractivity contribution >= 4 is 35.0 Å². The summed E-state index contributed by atoms with van der Waals surface area (Å²) in [6.07, 6.45) is 2.95. The Morgan fingerprint density at radius 3 is 2.50 bits per heavy atom. The molecule has 5 heteroatoms. The van der Waals surface area contributed by atoms with Crippen molar-refractivity contribution in [1.82, 2.24) is 0 Å². The summed E-state index contributed by atoms with van der Waals surface area (Å²) in [6.45, 7) is 3.40. The number of hydrogen-bond acceptors (Lipinski definition) is 3. The van der Waals surface area contributed by atoms with E-state index in [0.717, 1.165) is 6.08 Å². The number of hydrogen-bond donors (Lipinski definition) is 1. The Hall–Kier alpha value is -0.814. The van der Waals surface area contributed by atoms with Gasteiger partial charge in [0, 0.05) is 12.2 Å². The van der Waals surface area contributed by atoms with Gasteiger partial charge in [0.2, 0.25) is 0 Å². The van der Waals surface area contributed by atoms with Crippen LogP contribution in [0.25, 0.3) is 0 Å². The topological polar surface area (TPSA) is 63.6 Å². The van der Waals surface area contributed by atoms with Crippen molar-refractivity contribution < 1.29 is 22.3 Å². The fraction of sp³-hybridized carbons (Fsp3) is 0.143. The molecule has 0 aromatic rings. The van der Waals surface area contributed by atoms with Crippen LogP contribution in [0.1, 0.15) is 2.85 Å².